The van der Waals surface area contributed by atoms with E-state index >= 15 is 0 Å². The fraction of sp³-hybridized carbons (Fsp3) is 0.235. The van der Waals surface area contributed by atoms with Gasteiger partial charge in [0.25, 0.3) is 0 Å². The average molecular weight is 309 g/mol. The maximum absolute atomic E-state index is 12.0. The Bertz CT molecular complexity index is 775. The second-order valence-electron chi connectivity index (χ2n) is 5.41. The van der Waals surface area contributed by atoms with E-state index in [1.165, 1.54) is 5.56 Å². The van der Waals surface area contributed by atoms with Crippen molar-refractivity contribution in [3.63, 3.8) is 0 Å². The minimum Gasteiger partial charge on any atom is -0.323 e. The van der Waals surface area contributed by atoms with Gasteiger partial charge in [0, 0.05) is 31.1 Å². The summed E-state index contributed by atoms with van der Waals surface area (Å²) in [6, 6.07) is 12.0. The number of benzene rings is 1. The Hall–Kier alpha value is -2.89. The van der Waals surface area contributed by atoms with Gasteiger partial charge in [-0.25, -0.2) is 0 Å². The zero-order chi connectivity index (χ0) is 16.1. The molecule has 2 heterocycles. The molecule has 0 bridgehead atoms. The van der Waals surface area contributed by atoms with Crippen molar-refractivity contribution in [3.8, 4) is 0 Å². The minimum absolute atomic E-state index is 0.0424. The van der Waals surface area contributed by atoms with E-state index in [9.17, 15) is 4.79 Å². The second kappa shape index (κ2) is 6.91. The van der Waals surface area contributed by atoms with Crippen LogP contribution in [0.4, 0.5) is 5.69 Å². The first-order chi connectivity index (χ1) is 11.2. The number of rotatable bonds is 6. The molecule has 0 aliphatic carbocycles. The van der Waals surface area contributed by atoms with Crippen LogP contribution < -0.4 is 5.32 Å². The number of hydrogen-bond donors (Lipinski definition) is 1. The topological polar surface area (TPSA) is 64.7 Å². The van der Waals surface area contributed by atoms with Crippen LogP contribution >= 0.6 is 0 Å². The molecule has 3 rings (SSSR count). The Morgan fingerprint density at radius 3 is 2.74 bits per heavy atom. The van der Waals surface area contributed by atoms with E-state index in [1.54, 1.807) is 12.4 Å². The van der Waals surface area contributed by atoms with Crippen molar-refractivity contribution in [1.82, 2.24) is 19.6 Å². The Kier molecular flexibility index (Phi) is 4.52. The Labute approximate surface area is 134 Å². The lowest BCUT2D eigenvalue weighted by molar-refractivity contribution is -0.116. The normalized spacial score (nSPS) is 10.7. The van der Waals surface area contributed by atoms with Gasteiger partial charge in [-0.15, -0.1) is 0 Å². The van der Waals surface area contributed by atoms with E-state index in [0.717, 1.165) is 5.69 Å². The summed E-state index contributed by atoms with van der Waals surface area (Å²) in [5.41, 5.74) is 2.93. The number of carbonyl (C=O) groups excluding carboxylic acids is 1. The highest BCUT2D eigenvalue weighted by Crippen LogP contribution is 2.09. The highest BCUT2D eigenvalue weighted by atomic mass is 16.1. The molecule has 1 aromatic carbocycles. The number of amides is 1. The summed E-state index contributed by atoms with van der Waals surface area (Å²) in [5.74, 6) is -0.0424. The molecule has 0 saturated carbocycles. The average Bonchev–Trinajstić information content (AvgIpc) is 3.15. The number of aryl methyl sites for hydroxylation is 2. The molecule has 0 radical (unpaired) electrons. The van der Waals surface area contributed by atoms with Crippen LogP contribution in [0.1, 0.15) is 17.7 Å². The summed E-state index contributed by atoms with van der Waals surface area (Å²) < 4.78 is 3.63. The lowest BCUT2D eigenvalue weighted by Gasteiger charge is -2.05. The Morgan fingerprint density at radius 2 is 2.00 bits per heavy atom. The second-order valence-corrected chi connectivity index (χ2v) is 5.41. The monoisotopic (exact) mass is 309 g/mol. The van der Waals surface area contributed by atoms with Gasteiger partial charge in [-0.1, -0.05) is 30.3 Å². The van der Waals surface area contributed by atoms with Crippen LogP contribution in [0.2, 0.25) is 0 Å². The molecule has 1 N–H and O–H groups in total. The van der Waals surface area contributed by atoms with E-state index in [4.69, 9.17) is 0 Å². The first-order valence-corrected chi connectivity index (χ1v) is 7.55. The smallest absolute Gasteiger partial charge is 0.226 e. The van der Waals surface area contributed by atoms with Gasteiger partial charge in [0.05, 0.1) is 18.4 Å². The summed E-state index contributed by atoms with van der Waals surface area (Å²) in [7, 11) is 0. The van der Waals surface area contributed by atoms with E-state index in [1.807, 2.05) is 58.9 Å². The Balaban J connectivity index is 1.52. The van der Waals surface area contributed by atoms with Crippen LogP contribution in [0.5, 0.6) is 0 Å². The van der Waals surface area contributed by atoms with Crippen LogP contribution in [0.3, 0.4) is 0 Å². The number of anilines is 1. The molecule has 23 heavy (non-hydrogen) atoms. The standard InChI is InChI=1S/C17H19N5O/c1-14-7-9-18-22(14)10-8-17(23)20-16-11-19-21(13-16)12-15-5-3-2-4-6-15/h2-7,9,11,13H,8,10,12H2,1H3,(H,20,23). The van der Waals surface area contributed by atoms with Gasteiger partial charge < -0.3 is 5.32 Å². The number of nitrogens with one attached hydrogen (secondary N) is 1. The lowest BCUT2D eigenvalue weighted by Crippen LogP contribution is -2.15. The number of aromatic nitrogens is 4. The summed E-state index contributed by atoms with van der Waals surface area (Å²) >= 11 is 0. The van der Waals surface area contributed by atoms with Gasteiger partial charge >= 0.3 is 0 Å². The zero-order valence-electron chi connectivity index (χ0n) is 13.0. The van der Waals surface area contributed by atoms with Crippen LogP contribution in [0.25, 0.3) is 0 Å². The molecule has 1 amide bonds. The van der Waals surface area contributed by atoms with Gasteiger partial charge in [0.1, 0.15) is 0 Å². The number of hydrogen-bond acceptors (Lipinski definition) is 3. The third-order valence-electron chi connectivity index (χ3n) is 3.58. The van der Waals surface area contributed by atoms with Crippen LogP contribution in [0.15, 0.2) is 55.0 Å². The van der Waals surface area contributed by atoms with Crippen molar-refractivity contribution in [3.05, 3.63) is 66.2 Å². The van der Waals surface area contributed by atoms with Gasteiger partial charge in [0.15, 0.2) is 0 Å². The van der Waals surface area contributed by atoms with Crippen LogP contribution in [-0.4, -0.2) is 25.5 Å². The summed E-state index contributed by atoms with van der Waals surface area (Å²) in [4.78, 5) is 12.0. The summed E-state index contributed by atoms with van der Waals surface area (Å²) in [6.07, 6.45) is 5.62. The Morgan fingerprint density at radius 1 is 1.17 bits per heavy atom. The molecular weight excluding hydrogens is 290 g/mol. The largest absolute Gasteiger partial charge is 0.323 e. The molecular formula is C17H19N5O. The van der Waals surface area contributed by atoms with Gasteiger partial charge in [-0.2, -0.15) is 10.2 Å². The molecule has 0 aliphatic heterocycles. The first-order valence-electron chi connectivity index (χ1n) is 7.55. The minimum atomic E-state index is -0.0424. The molecule has 2 aromatic heterocycles. The van der Waals surface area contributed by atoms with E-state index in [0.29, 0.717) is 25.2 Å². The first kappa shape index (κ1) is 15.0. The van der Waals surface area contributed by atoms with Gasteiger partial charge in [0.2, 0.25) is 5.91 Å². The maximum atomic E-state index is 12.0. The predicted octanol–water partition coefficient (Wildman–Crippen LogP) is 2.47. The molecule has 3 aromatic rings. The number of carbonyl (C=O) groups is 1. The summed E-state index contributed by atoms with van der Waals surface area (Å²) in [6.45, 7) is 3.23. The molecule has 0 spiro atoms. The van der Waals surface area contributed by atoms with Crippen molar-refractivity contribution < 1.29 is 4.79 Å². The van der Waals surface area contributed by atoms with Crippen molar-refractivity contribution in [2.24, 2.45) is 0 Å². The van der Waals surface area contributed by atoms with Gasteiger partial charge in [-0.05, 0) is 18.6 Å². The highest BCUT2D eigenvalue weighted by Gasteiger charge is 2.06. The molecule has 0 aliphatic rings. The van der Waals surface area contributed by atoms with E-state index in [-0.39, 0.29) is 5.91 Å². The molecule has 118 valence electrons. The SMILES string of the molecule is Cc1ccnn1CCC(=O)Nc1cnn(Cc2ccccc2)c1. The van der Waals surface area contributed by atoms with Gasteiger partial charge in [-0.3, -0.25) is 14.2 Å². The van der Waals surface area contributed by atoms with E-state index < -0.39 is 0 Å². The molecule has 0 unspecified atom stereocenters. The molecule has 0 atom stereocenters. The third kappa shape index (κ3) is 4.06. The predicted molar refractivity (Wildman–Crippen MR) is 88.0 cm³/mol. The zero-order valence-corrected chi connectivity index (χ0v) is 13.0. The van der Waals surface area contributed by atoms with E-state index in [2.05, 4.69) is 15.5 Å². The molecule has 0 fully saturated rings. The van der Waals surface area contributed by atoms with Crippen molar-refractivity contribution >= 4 is 11.6 Å². The van der Waals surface area contributed by atoms with Crippen molar-refractivity contribution in [2.45, 2.75) is 26.4 Å². The molecule has 6 heteroatoms. The quantitative estimate of drug-likeness (QED) is 0.760. The van der Waals surface area contributed by atoms with Crippen LogP contribution in [0, 0.1) is 6.92 Å². The fourth-order valence-electron chi connectivity index (χ4n) is 2.35. The number of nitrogens with zero attached hydrogens (tertiary/aromatic N) is 4. The molecule has 0 saturated heterocycles. The lowest BCUT2D eigenvalue weighted by atomic mass is 10.2. The van der Waals surface area contributed by atoms with Crippen molar-refractivity contribution in [1.29, 1.82) is 0 Å². The maximum Gasteiger partial charge on any atom is 0.226 e. The summed E-state index contributed by atoms with van der Waals surface area (Å²) in [5, 5.41) is 11.3. The highest BCUT2D eigenvalue weighted by molar-refractivity contribution is 5.90. The van der Waals surface area contributed by atoms with Crippen LogP contribution in [-0.2, 0) is 17.9 Å². The third-order valence-corrected chi connectivity index (χ3v) is 3.58. The molecule has 6 nitrogen and oxygen atoms in total. The van der Waals surface area contributed by atoms with Crippen molar-refractivity contribution in [2.75, 3.05) is 5.32 Å². The fourth-order valence-corrected chi connectivity index (χ4v) is 2.35.